The lowest BCUT2D eigenvalue weighted by molar-refractivity contribution is -0.118. The van der Waals surface area contributed by atoms with Gasteiger partial charge in [0.15, 0.2) is 18.2 Å². The van der Waals surface area contributed by atoms with Crippen LogP contribution in [0.5, 0.6) is 5.75 Å². The van der Waals surface area contributed by atoms with Gasteiger partial charge in [0.05, 0.1) is 17.0 Å². The summed E-state index contributed by atoms with van der Waals surface area (Å²) in [7, 11) is 3.18. The van der Waals surface area contributed by atoms with Gasteiger partial charge in [-0.1, -0.05) is 12.1 Å². The molecule has 0 atom stereocenters. The van der Waals surface area contributed by atoms with Gasteiger partial charge in [0, 0.05) is 14.1 Å². The second kappa shape index (κ2) is 9.32. The molecule has 1 N–H and O–H groups in total. The number of benzene rings is 1. The van der Waals surface area contributed by atoms with Crippen LogP contribution in [0.1, 0.15) is 32.5 Å². The van der Waals surface area contributed by atoms with Crippen molar-refractivity contribution in [2.75, 3.05) is 32.6 Å². The van der Waals surface area contributed by atoms with Crippen molar-refractivity contribution in [2.24, 2.45) is 0 Å². The van der Waals surface area contributed by atoms with Crippen LogP contribution in [0.25, 0.3) is 0 Å². The molecule has 0 saturated carbocycles. The number of para-hydroxylation sites is 1. The van der Waals surface area contributed by atoms with E-state index in [4.69, 9.17) is 9.47 Å². The molecule has 0 aliphatic heterocycles. The maximum atomic E-state index is 13.6. The number of nitrogens with one attached hydrogen (secondary N) is 1. The number of hydrogen-bond donors (Lipinski definition) is 1. The Balaban J connectivity index is 2.24. The van der Waals surface area contributed by atoms with Crippen molar-refractivity contribution in [1.82, 2.24) is 4.90 Å². The van der Waals surface area contributed by atoms with E-state index in [9.17, 15) is 18.8 Å². The minimum absolute atomic E-state index is 0.0610. The number of rotatable bonds is 7. The van der Waals surface area contributed by atoms with E-state index in [2.05, 4.69) is 5.32 Å². The number of anilines is 1. The normalized spacial score (nSPS) is 10.3. The number of ether oxygens (including phenoxy) is 2. The molecule has 1 aromatic carbocycles. The van der Waals surface area contributed by atoms with E-state index in [1.54, 1.807) is 34.0 Å². The highest BCUT2D eigenvalue weighted by molar-refractivity contribution is 7.18. The number of hydrogen-bond acceptors (Lipinski definition) is 6. The second-order valence-corrected chi connectivity index (χ2v) is 6.97. The lowest BCUT2D eigenvalue weighted by atomic mass is 10.1. The Kier molecular flexibility index (Phi) is 7.11. The van der Waals surface area contributed by atoms with E-state index in [-0.39, 0.29) is 28.8 Å². The third-order valence-electron chi connectivity index (χ3n) is 3.68. The average molecular weight is 408 g/mol. The highest BCUT2D eigenvalue weighted by Crippen LogP contribution is 2.34. The summed E-state index contributed by atoms with van der Waals surface area (Å²) in [6.45, 7) is 2.96. The van der Waals surface area contributed by atoms with Crippen molar-refractivity contribution in [3.8, 4) is 5.75 Å². The van der Waals surface area contributed by atoms with E-state index in [1.807, 2.05) is 0 Å². The van der Waals surface area contributed by atoms with Gasteiger partial charge in [-0.2, -0.15) is 0 Å². The molecule has 2 rings (SSSR count). The summed E-state index contributed by atoms with van der Waals surface area (Å²) in [4.78, 5) is 38.6. The number of esters is 1. The molecule has 0 aliphatic carbocycles. The molecule has 0 spiro atoms. The number of halogens is 1. The Bertz CT molecular complexity index is 894. The number of carbonyl (C=O) groups is 3. The van der Waals surface area contributed by atoms with Gasteiger partial charge in [-0.25, -0.2) is 9.18 Å². The first kappa shape index (κ1) is 21.4. The maximum absolute atomic E-state index is 13.6. The molecule has 0 fully saturated rings. The summed E-state index contributed by atoms with van der Waals surface area (Å²) in [5.41, 5.74) is 0.545. The first-order chi connectivity index (χ1) is 13.3. The van der Waals surface area contributed by atoms with Crippen LogP contribution in [0.4, 0.5) is 9.39 Å². The standard InChI is InChI=1S/C19H21FN2O5S/c1-5-26-19(25)15-11(2)16(18(24)22(3)4)28-17(15)21-14(23)10-27-13-9-7-6-8-12(13)20/h6-9H,5,10H2,1-4H3,(H,21,23). The third kappa shape index (κ3) is 4.86. The molecule has 7 nitrogen and oxygen atoms in total. The molecule has 150 valence electrons. The first-order valence-corrected chi connectivity index (χ1v) is 9.27. The predicted molar refractivity (Wildman–Crippen MR) is 104 cm³/mol. The lowest BCUT2D eigenvalue weighted by Crippen LogP contribution is -2.21. The van der Waals surface area contributed by atoms with Crippen molar-refractivity contribution in [3.63, 3.8) is 0 Å². The monoisotopic (exact) mass is 408 g/mol. The van der Waals surface area contributed by atoms with Crippen LogP contribution in [0.3, 0.4) is 0 Å². The van der Waals surface area contributed by atoms with Crippen LogP contribution >= 0.6 is 11.3 Å². The van der Waals surface area contributed by atoms with Crippen LogP contribution in [0.15, 0.2) is 24.3 Å². The maximum Gasteiger partial charge on any atom is 0.341 e. The Morgan fingerprint density at radius 1 is 1.21 bits per heavy atom. The minimum Gasteiger partial charge on any atom is -0.481 e. The minimum atomic E-state index is -0.639. The van der Waals surface area contributed by atoms with E-state index in [0.717, 1.165) is 11.3 Å². The molecule has 0 saturated heterocycles. The Labute approximate surface area is 166 Å². The molecular weight excluding hydrogens is 387 g/mol. The Hall–Kier alpha value is -2.94. The largest absolute Gasteiger partial charge is 0.481 e. The SMILES string of the molecule is CCOC(=O)c1c(NC(=O)COc2ccccc2F)sc(C(=O)N(C)C)c1C. The molecule has 1 aromatic heterocycles. The second-order valence-electron chi connectivity index (χ2n) is 5.95. The van der Waals surface area contributed by atoms with E-state index < -0.39 is 24.3 Å². The Morgan fingerprint density at radius 3 is 2.50 bits per heavy atom. The fourth-order valence-corrected chi connectivity index (χ4v) is 3.56. The molecular formula is C19H21FN2O5S. The third-order valence-corrected chi connectivity index (χ3v) is 4.87. The number of thiophene rings is 1. The van der Waals surface area contributed by atoms with Crippen LogP contribution in [-0.2, 0) is 9.53 Å². The fraction of sp³-hybridized carbons (Fsp3) is 0.316. The Morgan fingerprint density at radius 2 is 1.89 bits per heavy atom. The molecule has 9 heteroatoms. The summed E-state index contributed by atoms with van der Waals surface area (Å²) in [6, 6.07) is 5.70. The van der Waals surface area contributed by atoms with Gasteiger partial charge in [0.25, 0.3) is 11.8 Å². The summed E-state index contributed by atoms with van der Waals surface area (Å²) in [6.07, 6.45) is 0. The number of amides is 2. The van der Waals surface area contributed by atoms with Gasteiger partial charge in [-0.05, 0) is 31.5 Å². The van der Waals surface area contributed by atoms with Crippen molar-refractivity contribution in [2.45, 2.75) is 13.8 Å². The highest BCUT2D eigenvalue weighted by Gasteiger charge is 2.27. The number of nitrogens with zero attached hydrogens (tertiary/aromatic N) is 1. The quantitative estimate of drug-likeness (QED) is 0.712. The van der Waals surface area contributed by atoms with Crippen LogP contribution in [0.2, 0.25) is 0 Å². The molecule has 0 aliphatic rings. The van der Waals surface area contributed by atoms with Crippen LogP contribution < -0.4 is 10.1 Å². The first-order valence-electron chi connectivity index (χ1n) is 8.45. The molecule has 0 radical (unpaired) electrons. The van der Waals surface area contributed by atoms with E-state index >= 15 is 0 Å². The molecule has 0 bridgehead atoms. The van der Waals surface area contributed by atoms with Gasteiger partial charge in [-0.15, -0.1) is 11.3 Å². The molecule has 2 aromatic rings. The topological polar surface area (TPSA) is 84.9 Å². The van der Waals surface area contributed by atoms with Gasteiger partial charge < -0.3 is 19.7 Å². The van der Waals surface area contributed by atoms with Crippen LogP contribution in [0, 0.1) is 12.7 Å². The van der Waals surface area contributed by atoms with Crippen LogP contribution in [-0.4, -0.2) is 50.0 Å². The molecule has 0 unspecified atom stereocenters. The van der Waals surface area contributed by atoms with Crippen molar-refractivity contribution >= 4 is 34.1 Å². The molecule has 28 heavy (non-hydrogen) atoms. The van der Waals surface area contributed by atoms with Crippen molar-refractivity contribution in [3.05, 3.63) is 46.1 Å². The smallest absolute Gasteiger partial charge is 0.341 e. The summed E-state index contributed by atoms with van der Waals surface area (Å²) in [5, 5.41) is 2.74. The van der Waals surface area contributed by atoms with E-state index in [0.29, 0.717) is 10.4 Å². The van der Waals surface area contributed by atoms with Gasteiger partial charge in [-0.3, -0.25) is 9.59 Å². The zero-order valence-corrected chi connectivity index (χ0v) is 16.8. The zero-order valence-electron chi connectivity index (χ0n) is 16.0. The summed E-state index contributed by atoms with van der Waals surface area (Å²) >= 11 is 0.976. The lowest BCUT2D eigenvalue weighted by Gasteiger charge is -2.09. The fourth-order valence-electron chi connectivity index (χ4n) is 2.33. The van der Waals surface area contributed by atoms with Crippen molar-refractivity contribution in [1.29, 1.82) is 0 Å². The predicted octanol–water partition coefficient (Wildman–Crippen LogP) is 3.09. The average Bonchev–Trinajstić information content (AvgIpc) is 2.96. The zero-order chi connectivity index (χ0) is 20.8. The molecule has 1 heterocycles. The summed E-state index contributed by atoms with van der Waals surface area (Å²) < 4.78 is 23.8. The van der Waals surface area contributed by atoms with Gasteiger partial charge in [0.2, 0.25) is 0 Å². The van der Waals surface area contributed by atoms with E-state index in [1.165, 1.54) is 23.1 Å². The number of carbonyl (C=O) groups excluding carboxylic acids is 3. The van der Waals surface area contributed by atoms with Crippen molar-refractivity contribution < 1.29 is 28.2 Å². The highest BCUT2D eigenvalue weighted by atomic mass is 32.1. The molecule has 2 amide bonds. The van der Waals surface area contributed by atoms with Gasteiger partial charge in [0.1, 0.15) is 5.00 Å². The summed E-state index contributed by atoms with van der Waals surface area (Å²) in [5.74, 6) is -2.18. The van der Waals surface area contributed by atoms with Gasteiger partial charge >= 0.3 is 5.97 Å².